The van der Waals surface area contributed by atoms with E-state index in [2.05, 4.69) is 30.9 Å². The van der Waals surface area contributed by atoms with Gasteiger partial charge in [0.15, 0.2) is 0 Å². The van der Waals surface area contributed by atoms with Crippen LogP contribution in [-0.2, 0) is 6.42 Å². The van der Waals surface area contributed by atoms with Gasteiger partial charge in [-0.05, 0) is 66.7 Å². The molecule has 0 aliphatic carbocycles. The number of amides is 2. The van der Waals surface area contributed by atoms with Crippen LogP contribution < -0.4 is 20.7 Å². The zero-order valence-electron chi connectivity index (χ0n) is 18.4. The Morgan fingerprint density at radius 2 is 1.52 bits per heavy atom. The lowest BCUT2D eigenvalue weighted by Crippen LogP contribution is -2.19. The number of carbonyl (C=O) groups is 1. The summed E-state index contributed by atoms with van der Waals surface area (Å²) < 4.78 is 6.01. The number of ether oxygens (including phenoxy) is 1. The molecule has 0 saturated carbocycles. The number of aryl methyl sites for hydroxylation is 1. The Labute approximate surface area is 192 Å². The second-order valence-electron chi connectivity index (χ2n) is 7.10. The summed E-state index contributed by atoms with van der Waals surface area (Å²) in [7, 11) is 1.84. The lowest BCUT2D eigenvalue weighted by molar-refractivity contribution is 0.262. The quantitative estimate of drug-likeness (QED) is 0.347. The van der Waals surface area contributed by atoms with Gasteiger partial charge in [-0.25, -0.2) is 19.7 Å². The molecular formula is C25H24N6O2. The van der Waals surface area contributed by atoms with Crippen LogP contribution in [0.25, 0.3) is 11.3 Å². The van der Waals surface area contributed by atoms with Gasteiger partial charge in [0.1, 0.15) is 11.6 Å². The first-order chi connectivity index (χ1) is 16.1. The first-order valence-corrected chi connectivity index (χ1v) is 10.6. The number of nitrogens with zero attached hydrogens (tertiary/aromatic N) is 3. The van der Waals surface area contributed by atoms with E-state index in [0.29, 0.717) is 23.0 Å². The number of nitrogens with one attached hydrogen (secondary N) is 3. The third-order valence-electron chi connectivity index (χ3n) is 4.83. The minimum absolute atomic E-state index is 0.330. The summed E-state index contributed by atoms with van der Waals surface area (Å²) in [5.41, 5.74) is 3.84. The fourth-order valence-electron chi connectivity index (χ4n) is 3.12. The van der Waals surface area contributed by atoms with Crippen molar-refractivity contribution in [3.8, 4) is 22.9 Å². The Balaban J connectivity index is 1.42. The summed E-state index contributed by atoms with van der Waals surface area (Å²) in [5.74, 6) is 1.80. The van der Waals surface area contributed by atoms with E-state index in [4.69, 9.17) is 4.74 Å². The zero-order chi connectivity index (χ0) is 23.0. The summed E-state index contributed by atoms with van der Waals surface area (Å²) in [5, 5.41) is 8.64. The number of hydrogen-bond acceptors (Lipinski definition) is 6. The number of benzene rings is 2. The number of urea groups is 1. The van der Waals surface area contributed by atoms with Gasteiger partial charge in [0.2, 0.25) is 5.88 Å². The van der Waals surface area contributed by atoms with Gasteiger partial charge >= 0.3 is 6.03 Å². The Kier molecular flexibility index (Phi) is 6.75. The third kappa shape index (κ3) is 5.62. The van der Waals surface area contributed by atoms with Crippen LogP contribution in [-0.4, -0.2) is 28.0 Å². The summed E-state index contributed by atoms with van der Waals surface area (Å²) in [6.07, 6.45) is 4.15. The number of anilines is 3. The monoisotopic (exact) mass is 440 g/mol. The van der Waals surface area contributed by atoms with E-state index in [9.17, 15) is 4.79 Å². The molecule has 2 heterocycles. The Morgan fingerprint density at radius 1 is 0.848 bits per heavy atom. The molecule has 0 aliphatic heterocycles. The zero-order valence-corrected chi connectivity index (χ0v) is 18.4. The highest BCUT2D eigenvalue weighted by Crippen LogP contribution is 2.30. The molecule has 33 heavy (non-hydrogen) atoms. The maximum absolute atomic E-state index is 12.3. The van der Waals surface area contributed by atoms with Gasteiger partial charge in [-0.1, -0.05) is 6.92 Å². The molecule has 0 unspecified atom stereocenters. The minimum atomic E-state index is -0.330. The average molecular weight is 441 g/mol. The molecule has 4 aromatic rings. The standard InChI is InChI=1S/C25H24N6O2/c1-3-23-27-16-14-22(31-23)21-5-4-15-28-24(21)33-20-12-10-19(11-13-20)30-25(32)29-18-8-6-17(26-2)7-9-18/h4-16,26H,3H2,1-2H3,(H2,29,30,32). The molecule has 166 valence electrons. The molecule has 0 bridgehead atoms. The Hall–Kier alpha value is -4.46. The van der Waals surface area contributed by atoms with Crippen LogP contribution in [0.15, 0.2) is 79.1 Å². The first kappa shape index (κ1) is 21.8. The highest BCUT2D eigenvalue weighted by atomic mass is 16.5. The second-order valence-corrected chi connectivity index (χ2v) is 7.10. The van der Waals surface area contributed by atoms with E-state index in [1.807, 2.05) is 56.4 Å². The van der Waals surface area contributed by atoms with Crippen molar-refractivity contribution >= 4 is 23.1 Å². The van der Waals surface area contributed by atoms with Crippen molar-refractivity contribution in [2.24, 2.45) is 0 Å². The molecule has 8 heteroatoms. The molecule has 8 nitrogen and oxygen atoms in total. The van der Waals surface area contributed by atoms with Crippen molar-refractivity contribution in [3.05, 3.63) is 84.9 Å². The average Bonchev–Trinajstić information content (AvgIpc) is 2.86. The summed E-state index contributed by atoms with van der Waals surface area (Å²) in [6, 6.07) is 19.8. The van der Waals surface area contributed by atoms with Crippen LogP contribution in [0.3, 0.4) is 0 Å². The smallest absolute Gasteiger partial charge is 0.323 e. The molecule has 0 aliphatic rings. The van der Waals surface area contributed by atoms with Crippen molar-refractivity contribution in [1.29, 1.82) is 0 Å². The molecule has 0 spiro atoms. The molecule has 2 aromatic heterocycles. The lowest BCUT2D eigenvalue weighted by Gasteiger charge is -2.11. The fourth-order valence-corrected chi connectivity index (χ4v) is 3.12. The van der Waals surface area contributed by atoms with Crippen LogP contribution in [0.2, 0.25) is 0 Å². The first-order valence-electron chi connectivity index (χ1n) is 10.6. The van der Waals surface area contributed by atoms with Gasteiger partial charge in [-0.3, -0.25) is 0 Å². The highest BCUT2D eigenvalue weighted by molar-refractivity contribution is 5.99. The number of hydrogen-bond donors (Lipinski definition) is 3. The number of pyridine rings is 1. The third-order valence-corrected chi connectivity index (χ3v) is 4.83. The van der Waals surface area contributed by atoms with Gasteiger partial charge in [-0.2, -0.15) is 0 Å². The molecular weight excluding hydrogens is 416 g/mol. The topological polar surface area (TPSA) is 101 Å². The van der Waals surface area contributed by atoms with E-state index < -0.39 is 0 Å². The maximum atomic E-state index is 12.3. The Morgan fingerprint density at radius 3 is 2.18 bits per heavy atom. The minimum Gasteiger partial charge on any atom is -0.438 e. The van der Waals surface area contributed by atoms with E-state index in [1.54, 1.807) is 36.7 Å². The van der Waals surface area contributed by atoms with Crippen LogP contribution in [0.4, 0.5) is 21.9 Å². The molecule has 3 N–H and O–H groups in total. The predicted molar refractivity (Wildman–Crippen MR) is 130 cm³/mol. The number of carbonyl (C=O) groups excluding carboxylic acids is 1. The van der Waals surface area contributed by atoms with Gasteiger partial charge in [0, 0.05) is 42.9 Å². The van der Waals surface area contributed by atoms with Crippen molar-refractivity contribution < 1.29 is 9.53 Å². The number of rotatable bonds is 7. The normalized spacial score (nSPS) is 10.4. The van der Waals surface area contributed by atoms with Gasteiger partial charge in [-0.15, -0.1) is 0 Å². The molecule has 2 aromatic carbocycles. The van der Waals surface area contributed by atoms with E-state index >= 15 is 0 Å². The van der Waals surface area contributed by atoms with E-state index in [-0.39, 0.29) is 6.03 Å². The molecule has 0 saturated heterocycles. The lowest BCUT2D eigenvalue weighted by atomic mass is 10.2. The Bertz CT molecular complexity index is 1230. The van der Waals surface area contributed by atoms with Crippen molar-refractivity contribution in [3.63, 3.8) is 0 Å². The fraction of sp³-hybridized carbons (Fsp3) is 0.120. The molecule has 0 radical (unpaired) electrons. The van der Waals surface area contributed by atoms with Crippen molar-refractivity contribution in [2.45, 2.75) is 13.3 Å². The largest absolute Gasteiger partial charge is 0.438 e. The van der Waals surface area contributed by atoms with Gasteiger partial charge < -0.3 is 20.7 Å². The van der Waals surface area contributed by atoms with E-state index in [0.717, 1.165) is 29.2 Å². The predicted octanol–water partition coefficient (Wildman–Crippen LogP) is 5.58. The highest BCUT2D eigenvalue weighted by Gasteiger charge is 2.11. The van der Waals surface area contributed by atoms with Crippen molar-refractivity contribution in [1.82, 2.24) is 15.0 Å². The molecule has 2 amide bonds. The molecule has 0 fully saturated rings. The van der Waals surface area contributed by atoms with Crippen LogP contribution in [0, 0.1) is 0 Å². The number of aromatic nitrogens is 3. The van der Waals surface area contributed by atoms with Crippen LogP contribution in [0.5, 0.6) is 11.6 Å². The molecule has 4 rings (SSSR count). The second kappa shape index (κ2) is 10.2. The summed E-state index contributed by atoms with van der Waals surface area (Å²) in [6.45, 7) is 2.01. The SMILES string of the molecule is CCc1nccc(-c2cccnc2Oc2ccc(NC(=O)Nc3ccc(NC)cc3)cc2)n1. The summed E-state index contributed by atoms with van der Waals surface area (Å²) in [4.78, 5) is 25.5. The van der Waals surface area contributed by atoms with Crippen LogP contribution >= 0.6 is 0 Å². The van der Waals surface area contributed by atoms with Gasteiger partial charge in [0.05, 0.1) is 11.3 Å². The summed E-state index contributed by atoms with van der Waals surface area (Å²) >= 11 is 0. The van der Waals surface area contributed by atoms with E-state index in [1.165, 1.54) is 0 Å². The maximum Gasteiger partial charge on any atom is 0.323 e. The molecule has 0 atom stereocenters. The van der Waals surface area contributed by atoms with Crippen molar-refractivity contribution in [2.75, 3.05) is 23.0 Å². The van der Waals surface area contributed by atoms with Gasteiger partial charge in [0.25, 0.3) is 0 Å². The van der Waals surface area contributed by atoms with Crippen LogP contribution in [0.1, 0.15) is 12.7 Å².